The molecule has 0 aromatic heterocycles. The number of rotatable bonds is 1. The predicted octanol–water partition coefficient (Wildman–Crippen LogP) is 3.08. The summed E-state index contributed by atoms with van der Waals surface area (Å²) in [6.07, 6.45) is 2.59. The van der Waals surface area contributed by atoms with E-state index in [1.165, 1.54) is 42.6 Å². The first-order valence-electron chi connectivity index (χ1n) is 5.97. The van der Waals surface area contributed by atoms with Gasteiger partial charge in [0.15, 0.2) is 0 Å². The van der Waals surface area contributed by atoms with Crippen LogP contribution in [0.4, 0.5) is 0 Å². The number of hydrogen-bond acceptors (Lipinski definition) is 1. The molecule has 1 fully saturated rings. The third-order valence-electron chi connectivity index (χ3n) is 3.76. The molecule has 1 N–H and O–H groups in total. The molecular formula is C14H21N. The van der Waals surface area contributed by atoms with Crippen molar-refractivity contribution in [1.82, 2.24) is 5.32 Å². The SMILES string of the molecule is Cc1cc(C2CCNCC2)cc(C)c1C. The molecule has 1 aliphatic rings. The topological polar surface area (TPSA) is 12.0 Å². The highest BCUT2D eigenvalue weighted by Gasteiger charge is 2.15. The largest absolute Gasteiger partial charge is 0.317 e. The second kappa shape index (κ2) is 4.36. The van der Waals surface area contributed by atoms with Crippen molar-refractivity contribution in [3.8, 4) is 0 Å². The van der Waals surface area contributed by atoms with Gasteiger partial charge in [0, 0.05) is 0 Å². The van der Waals surface area contributed by atoms with Gasteiger partial charge in [0.05, 0.1) is 0 Å². The third kappa shape index (κ3) is 2.23. The van der Waals surface area contributed by atoms with Crippen molar-refractivity contribution in [1.29, 1.82) is 0 Å². The molecule has 0 amide bonds. The Morgan fingerprint density at radius 3 is 2.07 bits per heavy atom. The van der Waals surface area contributed by atoms with Gasteiger partial charge in [0.25, 0.3) is 0 Å². The van der Waals surface area contributed by atoms with Gasteiger partial charge in [-0.2, -0.15) is 0 Å². The zero-order chi connectivity index (χ0) is 10.8. The first-order valence-corrected chi connectivity index (χ1v) is 5.97. The molecule has 1 aliphatic heterocycles. The molecule has 2 rings (SSSR count). The summed E-state index contributed by atoms with van der Waals surface area (Å²) in [5.41, 5.74) is 5.90. The van der Waals surface area contributed by atoms with Gasteiger partial charge in [-0.1, -0.05) is 12.1 Å². The second-order valence-corrected chi connectivity index (χ2v) is 4.80. The minimum Gasteiger partial charge on any atom is -0.317 e. The van der Waals surface area contributed by atoms with Crippen molar-refractivity contribution >= 4 is 0 Å². The monoisotopic (exact) mass is 203 g/mol. The minimum atomic E-state index is 0.782. The van der Waals surface area contributed by atoms with E-state index in [9.17, 15) is 0 Å². The van der Waals surface area contributed by atoms with E-state index < -0.39 is 0 Å². The number of benzene rings is 1. The fraction of sp³-hybridized carbons (Fsp3) is 0.571. The third-order valence-corrected chi connectivity index (χ3v) is 3.76. The van der Waals surface area contributed by atoms with E-state index in [0.29, 0.717) is 0 Å². The quantitative estimate of drug-likeness (QED) is 0.739. The van der Waals surface area contributed by atoms with Crippen LogP contribution in [0.15, 0.2) is 12.1 Å². The Hall–Kier alpha value is -0.820. The molecule has 1 heteroatoms. The number of piperidine rings is 1. The van der Waals surface area contributed by atoms with Crippen LogP contribution in [0.2, 0.25) is 0 Å². The summed E-state index contributed by atoms with van der Waals surface area (Å²) in [6.45, 7) is 9.03. The predicted molar refractivity (Wildman–Crippen MR) is 65.5 cm³/mol. The summed E-state index contributed by atoms with van der Waals surface area (Å²) in [6, 6.07) is 4.77. The average Bonchev–Trinajstić information content (AvgIpc) is 2.26. The highest BCUT2D eigenvalue weighted by Crippen LogP contribution is 2.28. The summed E-state index contributed by atoms with van der Waals surface area (Å²) >= 11 is 0. The van der Waals surface area contributed by atoms with Crippen LogP contribution in [0.1, 0.15) is 41.0 Å². The molecule has 1 heterocycles. The van der Waals surface area contributed by atoms with Crippen LogP contribution in [-0.4, -0.2) is 13.1 Å². The maximum Gasteiger partial charge on any atom is -0.00431 e. The second-order valence-electron chi connectivity index (χ2n) is 4.80. The molecular weight excluding hydrogens is 182 g/mol. The molecule has 0 atom stereocenters. The molecule has 1 nitrogen and oxygen atoms in total. The summed E-state index contributed by atoms with van der Waals surface area (Å²) in [4.78, 5) is 0. The number of hydrogen-bond donors (Lipinski definition) is 1. The fourth-order valence-corrected chi connectivity index (χ4v) is 2.46. The van der Waals surface area contributed by atoms with E-state index >= 15 is 0 Å². The van der Waals surface area contributed by atoms with Gasteiger partial charge in [0.2, 0.25) is 0 Å². The normalized spacial score (nSPS) is 18.1. The van der Waals surface area contributed by atoms with Gasteiger partial charge in [0.1, 0.15) is 0 Å². The van der Waals surface area contributed by atoms with E-state index in [4.69, 9.17) is 0 Å². The lowest BCUT2D eigenvalue weighted by atomic mass is 9.87. The van der Waals surface area contributed by atoms with E-state index in [-0.39, 0.29) is 0 Å². The van der Waals surface area contributed by atoms with E-state index in [0.717, 1.165) is 5.92 Å². The molecule has 1 aromatic rings. The van der Waals surface area contributed by atoms with Crippen LogP contribution >= 0.6 is 0 Å². The Morgan fingerprint density at radius 1 is 1.00 bits per heavy atom. The summed E-state index contributed by atoms with van der Waals surface area (Å²) < 4.78 is 0. The van der Waals surface area contributed by atoms with Crippen molar-refractivity contribution in [2.75, 3.05) is 13.1 Å². The maximum atomic E-state index is 3.43. The first kappa shape index (κ1) is 10.7. The molecule has 0 unspecified atom stereocenters. The Kier molecular flexibility index (Phi) is 3.11. The van der Waals surface area contributed by atoms with Crippen molar-refractivity contribution in [2.45, 2.75) is 39.5 Å². The van der Waals surface area contributed by atoms with Crippen LogP contribution in [0.5, 0.6) is 0 Å². The summed E-state index contributed by atoms with van der Waals surface area (Å²) in [7, 11) is 0. The van der Waals surface area contributed by atoms with Gasteiger partial charge in [-0.3, -0.25) is 0 Å². The van der Waals surface area contributed by atoms with Gasteiger partial charge >= 0.3 is 0 Å². The van der Waals surface area contributed by atoms with Crippen molar-refractivity contribution < 1.29 is 0 Å². The zero-order valence-corrected chi connectivity index (χ0v) is 10.1. The minimum absolute atomic E-state index is 0.782. The molecule has 0 saturated carbocycles. The van der Waals surface area contributed by atoms with E-state index in [1.54, 1.807) is 5.56 Å². The smallest absolute Gasteiger partial charge is 0.00431 e. The Balaban J connectivity index is 2.27. The van der Waals surface area contributed by atoms with Crippen molar-refractivity contribution in [3.05, 3.63) is 34.4 Å². The van der Waals surface area contributed by atoms with Crippen molar-refractivity contribution in [2.24, 2.45) is 0 Å². The van der Waals surface area contributed by atoms with Gasteiger partial charge in [-0.05, 0) is 74.9 Å². The molecule has 0 aliphatic carbocycles. The maximum absolute atomic E-state index is 3.43. The van der Waals surface area contributed by atoms with E-state index in [2.05, 4.69) is 38.2 Å². The molecule has 0 bridgehead atoms. The van der Waals surface area contributed by atoms with Crippen LogP contribution in [0.3, 0.4) is 0 Å². The van der Waals surface area contributed by atoms with Gasteiger partial charge < -0.3 is 5.32 Å². The number of aryl methyl sites for hydroxylation is 2. The lowest BCUT2D eigenvalue weighted by Gasteiger charge is -2.24. The molecule has 82 valence electrons. The number of nitrogens with one attached hydrogen (secondary N) is 1. The lowest BCUT2D eigenvalue weighted by Crippen LogP contribution is -2.26. The highest BCUT2D eigenvalue weighted by atomic mass is 14.9. The average molecular weight is 203 g/mol. The first-order chi connectivity index (χ1) is 7.18. The van der Waals surface area contributed by atoms with Crippen LogP contribution in [0.25, 0.3) is 0 Å². The van der Waals surface area contributed by atoms with Crippen molar-refractivity contribution in [3.63, 3.8) is 0 Å². The van der Waals surface area contributed by atoms with Crippen LogP contribution in [0, 0.1) is 20.8 Å². The lowest BCUT2D eigenvalue weighted by molar-refractivity contribution is 0.460. The Morgan fingerprint density at radius 2 is 1.53 bits per heavy atom. The standard InChI is InChI=1S/C14H21N/c1-10-8-14(9-11(2)12(10)3)13-4-6-15-7-5-13/h8-9,13,15H,4-7H2,1-3H3. The Labute approximate surface area is 92.9 Å². The van der Waals surface area contributed by atoms with Crippen LogP contribution in [-0.2, 0) is 0 Å². The molecule has 15 heavy (non-hydrogen) atoms. The fourth-order valence-electron chi connectivity index (χ4n) is 2.46. The van der Waals surface area contributed by atoms with Gasteiger partial charge in [-0.25, -0.2) is 0 Å². The molecule has 1 aromatic carbocycles. The summed E-state index contributed by atoms with van der Waals surface area (Å²) in [5, 5.41) is 3.43. The molecule has 0 spiro atoms. The summed E-state index contributed by atoms with van der Waals surface area (Å²) in [5.74, 6) is 0.782. The molecule has 1 saturated heterocycles. The van der Waals surface area contributed by atoms with E-state index in [1.807, 2.05) is 0 Å². The van der Waals surface area contributed by atoms with Crippen LogP contribution < -0.4 is 5.32 Å². The highest BCUT2D eigenvalue weighted by molar-refractivity contribution is 5.38. The Bertz CT molecular complexity index is 325. The van der Waals surface area contributed by atoms with Gasteiger partial charge in [-0.15, -0.1) is 0 Å². The zero-order valence-electron chi connectivity index (χ0n) is 10.1. The molecule has 0 radical (unpaired) electrons.